The lowest BCUT2D eigenvalue weighted by Gasteiger charge is -2.10. The van der Waals surface area contributed by atoms with Gasteiger partial charge in [0.15, 0.2) is 9.84 Å². The predicted molar refractivity (Wildman–Crippen MR) is 79.4 cm³/mol. The number of imidazole rings is 1. The van der Waals surface area contributed by atoms with E-state index >= 15 is 0 Å². The Bertz CT molecular complexity index is 677. The summed E-state index contributed by atoms with van der Waals surface area (Å²) in [7, 11) is -3.17. The molecule has 0 saturated heterocycles. The van der Waals surface area contributed by atoms with Gasteiger partial charge in [-0.2, -0.15) is 0 Å². The second-order valence-corrected chi connectivity index (χ2v) is 6.75. The smallest absolute Gasteiger partial charge is 0.175 e. The fraction of sp³-hybridized carbons (Fsp3) is 0.357. The third kappa shape index (κ3) is 3.60. The molecule has 1 aromatic carbocycles. The molecule has 0 unspecified atom stereocenters. The zero-order valence-corrected chi connectivity index (χ0v) is 12.5. The Balaban J connectivity index is 2.09. The number of sulfone groups is 1. The second-order valence-electron chi connectivity index (χ2n) is 4.73. The second kappa shape index (κ2) is 6.09. The quantitative estimate of drug-likeness (QED) is 0.887. The number of aryl methyl sites for hydroxylation is 1. The molecule has 0 aliphatic carbocycles. The van der Waals surface area contributed by atoms with Gasteiger partial charge in [0.05, 0.1) is 23.5 Å². The highest BCUT2D eigenvalue weighted by atomic mass is 32.2. The number of aromatic nitrogens is 2. The Kier molecular flexibility index (Phi) is 4.44. The molecule has 108 valence electrons. The monoisotopic (exact) mass is 293 g/mol. The van der Waals surface area contributed by atoms with Crippen molar-refractivity contribution in [2.45, 2.75) is 31.3 Å². The lowest BCUT2D eigenvalue weighted by molar-refractivity contribution is 0.602. The number of anilines is 1. The molecule has 5 nitrogen and oxygen atoms in total. The summed E-state index contributed by atoms with van der Waals surface area (Å²) in [6, 6.07) is 6.84. The number of nitrogens with one attached hydrogen (secondary N) is 1. The third-order valence-corrected chi connectivity index (χ3v) is 4.11. The molecule has 0 aliphatic rings. The number of hydrogen-bond acceptors (Lipinski definition) is 4. The lowest BCUT2D eigenvalue weighted by Crippen LogP contribution is -2.07. The van der Waals surface area contributed by atoms with Crippen molar-refractivity contribution in [3.8, 4) is 0 Å². The largest absolute Gasteiger partial charge is 0.379 e. The fourth-order valence-corrected chi connectivity index (χ4v) is 2.63. The van der Waals surface area contributed by atoms with Gasteiger partial charge in [-0.3, -0.25) is 0 Å². The molecule has 0 radical (unpaired) electrons. The van der Waals surface area contributed by atoms with Crippen molar-refractivity contribution in [1.29, 1.82) is 0 Å². The highest BCUT2D eigenvalue weighted by Gasteiger charge is 2.07. The molecule has 0 bridgehead atoms. The Morgan fingerprint density at radius 3 is 2.85 bits per heavy atom. The van der Waals surface area contributed by atoms with Crippen LogP contribution < -0.4 is 5.32 Å². The first-order valence-electron chi connectivity index (χ1n) is 6.53. The topological polar surface area (TPSA) is 64.0 Å². The minimum atomic E-state index is -3.17. The molecule has 0 fully saturated rings. The molecule has 1 heterocycles. The van der Waals surface area contributed by atoms with Crippen LogP contribution >= 0.6 is 0 Å². The first-order chi connectivity index (χ1) is 9.50. The Hall–Kier alpha value is -1.82. The van der Waals surface area contributed by atoms with E-state index in [1.54, 1.807) is 18.2 Å². The van der Waals surface area contributed by atoms with Gasteiger partial charge in [-0.25, -0.2) is 13.4 Å². The highest BCUT2D eigenvalue weighted by Crippen LogP contribution is 2.16. The van der Waals surface area contributed by atoms with Crippen LogP contribution in [0.2, 0.25) is 0 Å². The van der Waals surface area contributed by atoms with E-state index in [2.05, 4.69) is 21.8 Å². The van der Waals surface area contributed by atoms with Crippen molar-refractivity contribution in [1.82, 2.24) is 9.55 Å². The number of benzene rings is 1. The Labute approximate surface area is 119 Å². The van der Waals surface area contributed by atoms with Crippen LogP contribution in [0.1, 0.15) is 19.0 Å². The summed E-state index contributed by atoms with van der Waals surface area (Å²) >= 11 is 0. The van der Waals surface area contributed by atoms with Crippen LogP contribution in [0.5, 0.6) is 0 Å². The molecule has 0 spiro atoms. The third-order valence-electron chi connectivity index (χ3n) is 3.00. The van der Waals surface area contributed by atoms with Gasteiger partial charge in [0.2, 0.25) is 0 Å². The first-order valence-corrected chi connectivity index (χ1v) is 8.43. The van der Waals surface area contributed by atoms with Crippen molar-refractivity contribution >= 4 is 15.5 Å². The minimum absolute atomic E-state index is 0.324. The van der Waals surface area contributed by atoms with Crippen molar-refractivity contribution in [2.75, 3.05) is 11.6 Å². The van der Waals surface area contributed by atoms with E-state index < -0.39 is 9.84 Å². The molecule has 2 aromatic rings. The predicted octanol–water partition coefficient (Wildman–Crippen LogP) is 2.31. The van der Waals surface area contributed by atoms with Gasteiger partial charge in [-0.05, 0) is 24.6 Å². The van der Waals surface area contributed by atoms with Crippen LogP contribution in [0.15, 0.2) is 41.7 Å². The maximum atomic E-state index is 11.5. The summed E-state index contributed by atoms with van der Waals surface area (Å²) in [6.07, 6.45) is 5.89. The van der Waals surface area contributed by atoms with Gasteiger partial charge < -0.3 is 9.88 Å². The Morgan fingerprint density at radius 2 is 2.15 bits per heavy atom. The number of nitrogens with zero attached hydrogens (tertiary/aromatic N) is 2. The average molecular weight is 293 g/mol. The summed E-state index contributed by atoms with van der Waals surface area (Å²) < 4.78 is 25.1. The van der Waals surface area contributed by atoms with Gasteiger partial charge in [-0.15, -0.1) is 0 Å². The van der Waals surface area contributed by atoms with Crippen LogP contribution in [-0.2, 0) is 22.9 Å². The van der Waals surface area contributed by atoms with E-state index in [0.29, 0.717) is 11.4 Å². The molecule has 6 heteroatoms. The maximum absolute atomic E-state index is 11.5. The lowest BCUT2D eigenvalue weighted by atomic mass is 10.3. The first kappa shape index (κ1) is 14.6. The normalized spacial score (nSPS) is 11.5. The summed E-state index contributed by atoms with van der Waals surface area (Å²) in [5.74, 6) is 0. The van der Waals surface area contributed by atoms with Gasteiger partial charge in [0.25, 0.3) is 0 Å². The number of hydrogen-bond donors (Lipinski definition) is 1. The van der Waals surface area contributed by atoms with Crippen molar-refractivity contribution in [3.63, 3.8) is 0 Å². The van der Waals surface area contributed by atoms with Crippen LogP contribution in [0, 0.1) is 0 Å². The molecule has 0 saturated carbocycles. The molecular formula is C14H19N3O2S. The van der Waals surface area contributed by atoms with Crippen LogP contribution in [0.3, 0.4) is 0 Å². The van der Waals surface area contributed by atoms with Crippen molar-refractivity contribution in [3.05, 3.63) is 42.5 Å². The Morgan fingerprint density at radius 1 is 1.35 bits per heavy atom. The summed E-state index contributed by atoms with van der Waals surface area (Å²) in [5.41, 5.74) is 1.87. The van der Waals surface area contributed by atoms with E-state index in [1.807, 2.05) is 18.6 Å². The molecule has 0 aliphatic heterocycles. The van der Waals surface area contributed by atoms with E-state index in [4.69, 9.17) is 0 Å². The SMILES string of the molecule is CCCn1cncc1CNc1cccc(S(C)(=O)=O)c1. The van der Waals surface area contributed by atoms with Crippen LogP contribution in [0.25, 0.3) is 0 Å². The van der Waals surface area contributed by atoms with Gasteiger partial charge >= 0.3 is 0 Å². The molecule has 0 atom stereocenters. The highest BCUT2D eigenvalue weighted by molar-refractivity contribution is 7.90. The van der Waals surface area contributed by atoms with Crippen LogP contribution in [0.4, 0.5) is 5.69 Å². The summed E-state index contributed by atoms with van der Waals surface area (Å²) in [4.78, 5) is 4.46. The van der Waals surface area contributed by atoms with Gasteiger partial charge in [-0.1, -0.05) is 13.0 Å². The van der Waals surface area contributed by atoms with Gasteiger partial charge in [0.1, 0.15) is 0 Å². The maximum Gasteiger partial charge on any atom is 0.175 e. The minimum Gasteiger partial charge on any atom is -0.379 e. The molecule has 1 aromatic heterocycles. The van der Waals surface area contributed by atoms with Crippen LogP contribution in [-0.4, -0.2) is 24.2 Å². The van der Waals surface area contributed by atoms with E-state index in [9.17, 15) is 8.42 Å². The fourth-order valence-electron chi connectivity index (χ4n) is 1.97. The summed E-state index contributed by atoms with van der Waals surface area (Å²) in [6.45, 7) is 3.67. The average Bonchev–Trinajstić information content (AvgIpc) is 2.84. The molecule has 2 rings (SSSR count). The van der Waals surface area contributed by atoms with Gasteiger partial charge in [0, 0.05) is 24.7 Å². The number of rotatable bonds is 6. The van der Waals surface area contributed by atoms with Crippen molar-refractivity contribution < 1.29 is 8.42 Å². The summed E-state index contributed by atoms with van der Waals surface area (Å²) in [5, 5.41) is 3.23. The van der Waals surface area contributed by atoms with E-state index in [-0.39, 0.29) is 0 Å². The molecule has 1 N–H and O–H groups in total. The zero-order valence-electron chi connectivity index (χ0n) is 11.7. The van der Waals surface area contributed by atoms with E-state index in [1.165, 1.54) is 6.26 Å². The standard InChI is InChI=1S/C14H19N3O2S/c1-3-7-17-11-15-9-13(17)10-16-12-5-4-6-14(8-12)20(2,18)19/h4-6,8-9,11,16H,3,7,10H2,1-2H3. The molecule has 0 amide bonds. The molecular weight excluding hydrogens is 274 g/mol. The zero-order chi connectivity index (χ0) is 14.6. The molecule has 20 heavy (non-hydrogen) atoms. The van der Waals surface area contributed by atoms with E-state index in [0.717, 1.165) is 24.3 Å². The van der Waals surface area contributed by atoms with Crippen molar-refractivity contribution in [2.24, 2.45) is 0 Å².